The van der Waals surface area contributed by atoms with Crippen LogP contribution in [0.5, 0.6) is 0 Å². The van der Waals surface area contributed by atoms with Gasteiger partial charge in [0.1, 0.15) is 16.3 Å². The third-order valence-corrected chi connectivity index (χ3v) is 7.70. The Balaban J connectivity index is 1.97. The predicted octanol–water partition coefficient (Wildman–Crippen LogP) is 3.60. The van der Waals surface area contributed by atoms with Crippen LogP contribution in [-0.4, -0.2) is 40.6 Å². The number of aryl methyl sites for hydroxylation is 2. The Morgan fingerprint density at radius 3 is 2.52 bits per heavy atom. The van der Waals surface area contributed by atoms with Gasteiger partial charge in [0.25, 0.3) is 0 Å². The molecule has 0 aliphatic heterocycles. The van der Waals surface area contributed by atoms with Gasteiger partial charge in [-0.25, -0.2) is 13.4 Å². The Hall–Kier alpha value is -1.97. The van der Waals surface area contributed by atoms with E-state index in [1.807, 2.05) is 38.3 Å². The molecule has 0 bridgehead atoms. The van der Waals surface area contributed by atoms with E-state index in [1.165, 1.54) is 4.31 Å². The molecule has 0 spiro atoms. The molecule has 0 aromatic carbocycles. The third-order valence-electron chi connectivity index (χ3n) is 4.54. The molecule has 0 unspecified atom stereocenters. The fourth-order valence-electron chi connectivity index (χ4n) is 3.12. The molecule has 146 valence electrons. The van der Waals surface area contributed by atoms with Crippen molar-refractivity contribution >= 4 is 21.4 Å². The summed E-state index contributed by atoms with van der Waals surface area (Å²) in [5, 5.41) is 6.44. The van der Waals surface area contributed by atoms with Gasteiger partial charge >= 0.3 is 0 Å². The van der Waals surface area contributed by atoms with Crippen molar-refractivity contribution in [2.75, 3.05) is 13.1 Å². The van der Waals surface area contributed by atoms with E-state index in [0.717, 1.165) is 10.6 Å². The van der Waals surface area contributed by atoms with E-state index in [2.05, 4.69) is 10.1 Å². The minimum Gasteiger partial charge on any atom is -0.440 e. The zero-order valence-corrected chi connectivity index (χ0v) is 17.8. The maximum atomic E-state index is 13.0. The molecule has 0 saturated heterocycles. The van der Waals surface area contributed by atoms with Crippen LogP contribution >= 0.6 is 11.3 Å². The lowest BCUT2D eigenvalue weighted by Gasteiger charge is -2.18. The molecular weight excluding hydrogens is 384 g/mol. The van der Waals surface area contributed by atoms with Gasteiger partial charge in [0, 0.05) is 13.1 Å². The first-order valence-corrected chi connectivity index (χ1v) is 11.2. The Morgan fingerprint density at radius 1 is 1.22 bits per heavy atom. The maximum absolute atomic E-state index is 13.0. The summed E-state index contributed by atoms with van der Waals surface area (Å²) >= 11 is 1.56. The van der Waals surface area contributed by atoms with Crippen molar-refractivity contribution < 1.29 is 12.8 Å². The molecule has 27 heavy (non-hydrogen) atoms. The van der Waals surface area contributed by atoms with Crippen molar-refractivity contribution in [3.63, 3.8) is 0 Å². The number of hydrogen-bond donors (Lipinski definition) is 0. The van der Waals surface area contributed by atoms with E-state index < -0.39 is 10.0 Å². The van der Waals surface area contributed by atoms with Gasteiger partial charge in [-0.2, -0.15) is 9.40 Å². The highest BCUT2D eigenvalue weighted by Crippen LogP contribution is 2.28. The van der Waals surface area contributed by atoms with Crippen molar-refractivity contribution in [2.45, 2.75) is 46.1 Å². The van der Waals surface area contributed by atoms with Crippen molar-refractivity contribution in [1.82, 2.24) is 19.1 Å². The minimum absolute atomic E-state index is 0.283. The lowest BCUT2D eigenvalue weighted by Crippen LogP contribution is -2.31. The van der Waals surface area contributed by atoms with E-state index in [0.29, 0.717) is 42.7 Å². The van der Waals surface area contributed by atoms with Crippen LogP contribution in [0.15, 0.2) is 26.8 Å². The Bertz CT molecular complexity index is 1030. The van der Waals surface area contributed by atoms with Gasteiger partial charge in [0.15, 0.2) is 0 Å². The lowest BCUT2D eigenvalue weighted by molar-refractivity contribution is 0.444. The third kappa shape index (κ3) is 3.59. The normalized spacial score (nSPS) is 12.2. The molecule has 0 aliphatic carbocycles. The van der Waals surface area contributed by atoms with Crippen LogP contribution in [-0.2, 0) is 16.6 Å². The maximum Gasteiger partial charge on any atom is 0.246 e. The fourth-order valence-corrected chi connectivity index (χ4v) is 5.60. The summed E-state index contributed by atoms with van der Waals surface area (Å²) in [7, 11) is -3.57. The average Bonchev–Trinajstić information content (AvgIpc) is 3.30. The molecule has 3 aromatic heterocycles. The SMILES string of the molecule is CCN(CC)S(=O)(=O)c1c(C)nn(Cc2nc(-c3cccs3)oc2C)c1C. The molecule has 9 heteroatoms. The largest absolute Gasteiger partial charge is 0.440 e. The smallest absolute Gasteiger partial charge is 0.246 e. The summed E-state index contributed by atoms with van der Waals surface area (Å²) in [5.74, 6) is 1.29. The Morgan fingerprint density at radius 2 is 1.93 bits per heavy atom. The van der Waals surface area contributed by atoms with E-state index in [4.69, 9.17) is 4.42 Å². The quantitative estimate of drug-likeness (QED) is 0.597. The summed E-state index contributed by atoms with van der Waals surface area (Å²) < 4.78 is 34.9. The fraction of sp³-hybridized carbons (Fsp3) is 0.444. The lowest BCUT2D eigenvalue weighted by atomic mass is 10.3. The molecular formula is C18H24N4O3S2. The minimum atomic E-state index is -3.57. The van der Waals surface area contributed by atoms with Crippen molar-refractivity contribution in [2.24, 2.45) is 0 Å². The highest BCUT2D eigenvalue weighted by Gasteiger charge is 2.29. The van der Waals surface area contributed by atoms with Gasteiger partial charge in [0.2, 0.25) is 15.9 Å². The van der Waals surface area contributed by atoms with Crippen LogP contribution in [0.25, 0.3) is 10.8 Å². The van der Waals surface area contributed by atoms with Crippen molar-refractivity contribution in [1.29, 1.82) is 0 Å². The summed E-state index contributed by atoms with van der Waals surface area (Å²) in [5.41, 5.74) is 1.86. The topological polar surface area (TPSA) is 81.2 Å². The van der Waals surface area contributed by atoms with Crippen LogP contribution in [0, 0.1) is 20.8 Å². The van der Waals surface area contributed by atoms with Gasteiger partial charge in [-0.1, -0.05) is 19.9 Å². The zero-order chi connectivity index (χ0) is 19.8. The molecule has 0 fully saturated rings. The van der Waals surface area contributed by atoms with Gasteiger partial charge in [0.05, 0.1) is 22.8 Å². The second-order valence-electron chi connectivity index (χ2n) is 6.25. The van der Waals surface area contributed by atoms with Crippen LogP contribution in [0.4, 0.5) is 0 Å². The first-order valence-electron chi connectivity index (χ1n) is 8.83. The average molecular weight is 409 g/mol. The summed E-state index contributed by atoms with van der Waals surface area (Å²) in [6.45, 7) is 10.3. The molecule has 0 aliphatic rings. The number of hydrogen-bond acceptors (Lipinski definition) is 6. The highest BCUT2D eigenvalue weighted by molar-refractivity contribution is 7.89. The molecule has 3 heterocycles. The molecule has 0 saturated carbocycles. The number of nitrogens with zero attached hydrogens (tertiary/aromatic N) is 4. The number of sulfonamides is 1. The summed E-state index contributed by atoms with van der Waals surface area (Å²) in [4.78, 5) is 5.82. The number of thiophene rings is 1. The van der Waals surface area contributed by atoms with E-state index in [9.17, 15) is 8.42 Å². The van der Waals surface area contributed by atoms with Crippen LogP contribution in [0.2, 0.25) is 0 Å². The number of oxazole rings is 1. The van der Waals surface area contributed by atoms with Crippen molar-refractivity contribution in [3.8, 4) is 10.8 Å². The molecule has 0 atom stereocenters. The molecule has 3 aromatic rings. The molecule has 0 N–H and O–H groups in total. The number of rotatable bonds is 7. The summed E-state index contributed by atoms with van der Waals surface area (Å²) in [6.07, 6.45) is 0. The Labute approximate surface area is 163 Å². The van der Waals surface area contributed by atoms with E-state index >= 15 is 0 Å². The molecule has 3 rings (SSSR count). The van der Waals surface area contributed by atoms with Gasteiger partial charge in [-0.3, -0.25) is 4.68 Å². The second-order valence-corrected chi connectivity index (χ2v) is 9.07. The standard InChI is InChI=1S/C18H24N4O3S2/c1-6-21(7-2)27(23,24)17-12(3)20-22(13(17)4)11-15-14(5)25-18(19-15)16-9-8-10-26-16/h8-10H,6-7,11H2,1-5H3. The van der Waals surface area contributed by atoms with Gasteiger partial charge in [-0.15, -0.1) is 11.3 Å². The summed E-state index contributed by atoms with van der Waals surface area (Å²) in [6, 6.07) is 3.91. The predicted molar refractivity (Wildman–Crippen MR) is 105 cm³/mol. The molecule has 7 nitrogen and oxygen atoms in total. The zero-order valence-electron chi connectivity index (χ0n) is 16.2. The molecule has 0 amide bonds. The number of aromatic nitrogens is 3. The Kier molecular flexibility index (Phi) is 5.55. The van der Waals surface area contributed by atoms with Crippen LogP contribution in [0.3, 0.4) is 0 Å². The van der Waals surface area contributed by atoms with Crippen molar-refractivity contribution in [3.05, 3.63) is 40.4 Å². The van der Waals surface area contributed by atoms with Crippen LogP contribution in [0.1, 0.15) is 36.7 Å². The van der Waals surface area contributed by atoms with E-state index in [1.54, 1.807) is 29.9 Å². The first-order chi connectivity index (χ1) is 12.8. The van der Waals surface area contributed by atoms with Gasteiger partial charge in [-0.05, 0) is 32.2 Å². The highest BCUT2D eigenvalue weighted by atomic mass is 32.2. The molecule has 0 radical (unpaired) electrons. The van der Waals surface area contributed by atoms with Gasteiger partial charge < -0.3 is 4.42 Å². The first kappa shape index (κ1) is 19.8. The van der Waals surface area contributed by atoms with Crippen LogP contribution < -0.4 is 0 Å². The van der Waals surface area contributed by atoms with E-state index in [-0.39, 0.29) is 4.90 Å². The monoisotopic (exact) mass is 408 g/mol. The second kappa shape index (κ2) is 7.57.